The first-order valence-electron chi connectivity index (χ1n) is 6.10. The number of aromatic nitrogens is 1. The van der Waals surface area contributed by atoms with E-state index in [0.717, 1.165) is 5.69 Å². The van der Waals surface area contributed by atoms with E-state index >= 15 is 0 Å². The zero-order valence-electron chi connectivity index (χ0n) is 11.8. The van der Waals surface area contributed by atoms with Gasteiger partial charge >= 0.3 is 11.9 Å². The van der Waals surface area contributed by atoms with E-state index < -0.39 is 11.9 Å². The lowest BCUT2D eigenvalue weighted by Gasteiger charge is -2.00. The molecule has 110 valence electrons. The Morgan fingerprint density at radius 3 is 2.67 bits per heavy atom. The fraction of sp³-hybridized carbons (Fsp3) is 0.214. The van der Waals surface area contributed by atoms with E-state index in [2.05, 4.69) is 10.1 Å². The summed E-state index contributed by atoms with van der Waals surface area (Å²) in [6.07, 6.45) is 1.33. The second kappa shape index (κ2) is 6.36. The number of H-pyrrole nitrogens is 1. The summed E-state index contributed by atoms with van der Waals surface area (Å²) in [4.78, 5) is 31.7. The first kappa shape index (κ1) is 15.0. The van der Waals surface area contributed by atoms with Crippen molar-refractivity contribution in [1.29, 1.82) is 0 Å². The first-order valence-corrected chi connectivity index (χ1v) is 6.98. The number of hydrogen-bond donors (Lipinski definition) is 1. The number of aromatic amines is 1. The normalized spacial score (nSPS) is 10.8. The molecule has 0 aromatic carbocycles. The summed E-state index contributed by atoms with van der Waals surface area (Å²) >= 11 is 1.27. The largest absolute Gasteiger partial charge is 0.465 e. The molecule has 0 saturated heterocycles. The number of hydrogen-bond acceptors (Lipinski definition) is 6. The van der Waals surface area contributed by atoms with Gasteiger partial charge in [0.05, 0.1) is 18.9 Å². The zero-order chi connectivity index (χ0) is 15.4. The highest BCUT2D eigenvalue weighted by Crippen LogP contribution is 2.17. The average molecular weight is 306 g/mol. The molecule has 0 spiro atoms. The Kier molecular flexibility index (Phi) is 4.54. The molecule has 2 aromatic rings. The Hall–Kier alpha value is -2.41. The average Bonchev–Trinajstić information content (AvgIpc) is 3.07. The maximum atomic E-state index is 11.7. The van der Waals surface area contributed by atoms with Gasteiger partial charge in [0.25, 0.3) is 0 Å². The van der Waals surface area contributed by atoms with Crippen LogP contribution in [-0.2, 0) is 9.57 Å². The number of carbonyl (C=O) groups excluding carboxylic acids is 2. The quantitative estimate of drug-likeness (QED) is 0.407. The van der Waals surface area contributed by atoms with Gasteiger partial charge in [0.15, 0.2) is 0 Å². The van der Waals surface area contributed by atoms with Crippen LogP contribution in [0.3, 0.4) is 0 Å². The van der Waals surface area contributed by atoms with Crippen LogP contribution in [0.5, 0.6) is 0 Å². The number of aryl methyl sites for hydroxylation is 2. The molecule has 0 unspecified atom stereocenters. The van der Waals surface area contributed by atoms with E-state index in [-0.39, 0.29) is 0 Å². The van der Waals surface area contributed by atoms with Crippen LogP contribution in [0.25, 0.3) is 0 Å². The van der Waals surface area contributed by atoms with Crippen molar-refractivity contribution >= 4 is 29.5 Å². The Labute approximate surface area is 125 Å². The molecule has 0 saturated carbocycles. The van der Waals surface area contributed by atoms with Crippen LogP contribution in [0.4, 0.5) is 0 Å². The summed E-state index contributed by atoms with van der Waals surface area (Å²) in [5.41, 5.74) is 2.33. The highest BCUT2D eigenvalue weighted by molar-refractivity contribution is 7.11. The number of methoxy groups -OCH3 is 1. The van der Waals surface area contributed by atoms with Crippen LogP contribution in [0, 0.1) is 13.8 Å². The van der Waals surface area contributed by atoms with Crippen molar-refractivity contribution in [3.05, 3.63) is 44.9 Å². The Balaban J connectivity index is 2.18. The fourth-order valence-corrected chi connectivity index (χ4v) is 2.49. The van der Waals surface area contributed by atoms with Gasteiger partial charge in [-0.2, -0.15) is 0 Å². The molecule has 2 rings (SSSR count). The number of esters is 1. The third-order valence-corrected chi connectivity index (χ3v) is 3.70. The minimum Gasteiger partial charge on any atom is -0.465 e. The Morgan fingerprint density at radius 2 is 2.05 bits per heavy atom. The standard InChI is InChI=1S/C14H14N2O4S/c1-8-10(12(9(2)16-8)14(18)19-3)7-15-20-13(17)11-5-4-6-21-11/h4-7,16H,1-3H3. The molecule has 0 aliphatic rings. The van der Waals surface area contributed by atoms with Crippen LogP contribution in [0.1, 0.15) is 37.0 Å². The summed E-state index contributed by atoms with van der Waals surface area (Å²) in [6.45, 7) is 3.55. The minimum atomic E-state index is -0.536. The lowest BCUT2D eigenvalue weighted by atomic mass is 10.1. The molecular weight excluding hydrogens is 292 g/mol. The molecule has 1 N–H and O–H groups in total. The molecule has 6 nitrogen and oxygen atoms in total. The molecule has 0 aliphatic heterocycles. The molecule has 0 fully saturated rings. The van der Waals surface area contributed by atoms with Gasteiger partial charge in [-0.05, 0) is 25.3 Å². The van der Waals surface area contributed by atoms with Crippen LogP contribution < -0.4 is 0 Å². The predicted molar refractivity (Wildman–Crippen MR) is 78.9 cm³/mol. The molecule has 0 atom stereocenters. The van der Waals surface area contributed by atoms with E-state index in [1.807, 2.05) is 0 Å². The third kappa shape index (κ3) is 3.19. The number of nitrogens with zero attached hydrogens (tertiary/aromatic N) is 1. The molecule has 7 heteroatoms. The van der Waals surface area contributed by atoms with Crippen LogP contribution in [0.15, 0.2) is 22.7 Å². The molecule has 0 aliphatic carbocycles. The Bertz CT molecular complexity index is 686. The lowest BCUT2D eigenvalue weighted by Crippen LogP contribution is -2.06. The van der Waals surface area contributed by atoms with Gasteiger partial charge in [-0.1, -0.05) is 11.2 Å². The van der Waals surface area contributed by atoms with E-state index in [1.54, 1.807) is 31.4 Å². The third-order valence-electron chi connectivity index (χ3n) is 2.85. The molecule has 2 heterocycles. The number of ether oxygens (including phenoxy) is 1. The van der Waals surface area contributed by atoms with Gasteiger partial charge < -0.3 is 14.6 Å². The monoisotopic (exact) mass is 306 g/mol. The van der Waals surface area contributed by atoms with Crippen molar-refractivity contribution in [2.75, 3.05) is 7.11 Å². The lowest BCUT2D eigenvalue weighted by molar-refractivity contribution is 0.0524. The molecular formula is C14H14N2O4S. The topological polar surface area (TPSA) is 80.8 Å². The van der Waals surface area contributed by atoms with Crippen molar-refractivity contribution < 1.29 is 19.2 Å². The fourth-order valence-electron chi connectivity index (χ4n) is 1.89. The van der Waals surface area contributed by atoms with Crippen molar-refractivity contribution in [3.8, 4) is 0 Å². The highest BCUT2D eigenvalue weighted by Gasteiger charge is 2.19. The molecule has 0 bridgehead atoms. The van der Waals surface area contributed by atoms with Crippen LogP contribution >= 0.6 is 11.3 Å². The van der Waals surface area contributed by atoms with E-state index in [0.29, 0.717) is 21.7 Å². The number of oxime groups is 1. The van der Waals surface area contributed by atoms with Gasteiger partial charge in [-0.15, -0.1) is 11.3 Å². The second-order valence-electron chi connectivity index (χ2n) is 4.25. The zero-order valence-corrected chi connectivity index (χ0v) is 12.6. The van der Waals surface area contributed by atoms with Gasteiger partial charge in [0.2, 0.25) is 0 Å². The summed E-state index contributed by atoms with van der Waals surface area (Å²) in [6, 6.07) is 3.40. The molecule has 0 amide bonds. The van der Waals surface area contributed by atoms with Crippen LogP contribution in [0.2, 0.25) is 0 Å². The SMILES string of the molecule is COC(=O)c1c(C)[nH]c(C)c1C=NOC(=O)c1cccs1. The number of rotatable bonds is 4. The van der Waals surface area contributed by atoms with E-state index in [4.69, 9.17) is 9.57 Å². The smallest absolute Gasteiger partial charge is 0.375 e. The summed E-state index contributed by atoms with van der Waals surface area (Å²) in [5, 5.41) is 5.43. The van der Waals surface area contributed by atoms with Gasteiger partial charge in [-0.3, -0.25) is 0 Å². The predicted octanol–water partition coefficient (Wildman–Crippen LogP) is 2.67. The van der Waals surface area contributed by atoms with E-state index in [9.17, 15) is 9.59 Å². The maximum Gasteiger partial charge on any atom is 0.375 e. The van der Waals surface area contributed by atoms with Gasteiger partial charge in [-0.25, -0.2) is 9.59 Å². The summed E-state index contributed by atoms with van der Waals surface area (Å²) < 4.78 is 4.73. The van der Waals surface area contributed by atoms with Crippen molar-refractivity contribution in [2.45, 2.75) is 13.8 Å². The number of carbonyl (C=O) groups is 2. The van der Waals surface area contributed by atoms with E-state index in [1.165, 1.54) is 24.7 Å². The highest BCUT2D eigenvalue weighted by atomic mass is 32.1. The van der Waals surface area contributed by atoms with Crippen molar-refractivity contribution in [2.24, 2.45) is 5.16 Å². The Morgan fingerprint density at radius 1 is 1.29 bits per heavy atom. The number of nitrogens with one attached hydrogen (secondary N) is 1. The van der Waals surface area contributed by atoms with Crippen molar-refractivity contribution in [3.63, 3.8) is 0 Å². The first-order chi connectivity index (χ1) is 10.0. The second-order valence-corrected chi connectivity index (χ2v) is 5.19. The molecule has 21 heavy (non-hydrogen) atoms. The van der Waals surface area contributed by atoms with Gasteiger partial charge in [0, 0.05) is 17.0 Å². The minimum absolute atomic E-state index is 0.380. The van der Waals surface area contributed by atoms with Crippen LogP contribution in [-0.4, -0.2) is 30.2 Å². The number of thiophene rings is 1. The molecule has 2 aromatic heterocycles. The van der Waals surface area contributed by atoms with Crippen molar-refractivity contribution in [1.82, 2.24) is 4.98 Å². The molecule has 0 radical (unpaired) electrons. The van der Waals surface area contributed by atoms with Gasteiger partial charge in [0.1, 0.15) is 4.88 Å². The summed E-state index contributed by atoms with van der Waals surface area (Å²) in [5.74, 6) is -1.01. The maximum absolute atomic E-state index is 11.7. The summed E-state index contributed by atoms with van der Waals surface area (Å²) in [7, 11) is 1.31.